The number of ether oxygens (including phenoxy) is 4. The van der Waals surface area contributed by atoms with Crippen LogP contribution >= 0.6 is 23.2 Å². The number of benzene rings is 3. The number of nitrogens with zero attached hydrogens (tertiary/aromatic N) is 1. The normalized spacial score (nSPS) is 17.1. The molecule has 5 rings (SSSR count). The lowest BCUT2D eigenvalue weighted by atomic mass is 9.82. The van der Waals surface area contributed by atoms with Crippen molar-refractivity contribution in [1.82, 2.24) is 4.90 Å². The van der Waals surface area contributed by atoms with Crippen molar-refractivity contribution in [2.75, 3.05) is 35.0 Å². The summed E-state index contributed by atoms with van der Waals surface area (Å²) in [6.07, 6.45) is 4.97. The number of halogens is 2. The third-order valence-electron chi connectivity index (χ3n) is 7.09. The van der Waals surface area contributed by atoms with Gasteiger partial charge >= 0.3 is 5.97 Å². The molecule has 0 aromatic heterocycles. The van der Waals surface area contributed by atoms with Gasteiger partial charge in [0.05, 0.1) is 28.4 Å². The second-order valence-electron chi connectivity index (χ2n) is 8.93. The van der Waals surface area contributed by atoms with Crippen LogP contribution < -0.4 is 18.9 Å². The topological polar surface area (TPSA) is 77.5 Å². The molecular formula is C27H31Cl2NO6. The zero-order valence-corrected chi connectivity index (χ0v) is 22.4. The smallest absolute Gasteiger partial charge is 0.337 e. The first-order valence-corrected chi connectivity index (χ1v) is 12.7. The predicted molar refractivity (Wildman–Crippen MR) is 143 cm³/mol. The van der Waals surface area contributed by atoms with Gasteiger partial charge in [-0.3, -0.25) is 4.90 Å². The Bertz CT molecular complexity index is 1190. The van der Waals surface area contributed by atoms with Gasteiger partial charge in [0.25, 0.3) is 0 Å². The van der Waals surface area contributed by atoms with E-state index in [0.29, 0.717) is 6.04 Å². The Labute approximate surface area is 220 Å². The van der Waals surface area contributed by atoms with Crippen molar-refractivity contribution in [2.24, 2.45) is 0 Å². The molecular weight excluding hydrogens is 505 g/mol. The highest BCUT2D eigenvalue weighted by molar-refractivity contribution is 6.52. The van der Waals surface area contributed by atoms with Gasteiger partial charge in [-0.05, 0) is 82.7 Å². The fraction of sp³-hybridized carbons (Fsp3) is 0.444. The van der Waals surface area contributed by atoms with E-state index in [1.807, 2.05) is 0 Å². The molecule has 0 bridgehead atoms. The lowest BCUT2D eigenvalue weighted by molar-refractivity contribution is -0.135. The van der Waals surface area contributed by atoms with E-state index in [0.717, 1.165) is 41.3 Å². The summed E-state index contributed by atoms with van der Waals surface area (Å²) in [7, 11) is 6.78. The lowest BCUT2D eigenvalue weighted by Crippen LogP contribution is -2.43. The number of hydrogen-bond acceptors (Lipinski definition) is 6. The van der Waals surface area contributed by atoms with Gasteiger partial charge in [-0.15, -0.1) is 0 Å². The Hall–Kier alpha value is -2.61. The zero-order valence-electron chi connectivity index (χ0n) is 20.9. The first kappa shape index (κ1) is 26.5. The minimum absolute atomic E-state index is 0.625. The maximum Gasteiger partial charge on any atom is 0.337 e. The molecule has 194 valence electrons. The van der Waals surface area contributed by atoms with Crippen LogP contribution in [0.5, 0.6) is 23.0 Å². The second kappa shape index (κ2) is 11.2. The molecule has 0 aliphatic carbocycles. The van der Waals surface area contributed by atoms with E-state index in [2.05, 4.69) is 29.2 Å². The third kappa shape index (κ3) is 4.97. The fourth-order valence-corrected chi connectivity index (χ4v) is 5.38. The molecule has 0 spiro atoms. The molecule has 9 heteroatoms. The van der Waals surface area contributed by atoms with Crippen molar-refractivity contribution in [3.63, 3.8) is 0 Å². The van der Waals surface area contributed by atoms with Crippen molar-refractivity contribution < 1.29 is 28.8 Å². The molecule has 3 aromatic carbocycles. The van der Waals surface area contributed by atoms with Crippen LogP contribution in [0.3, 0.4) is 0 Å². The van der Waals surface area contributed by atoms with Crippen LogP contribution in [0.4, 0.5) is 0 Å². The molecule has 3 aromatic rings. The van der Waals surface area contributed by atoms with Gasteiger partial charge in [0.2, 0.25) is 4.84 Å². The Morgan fingerprint density at radius 1 is 0.833 bits per heavy atom. The quantitative estimate of drug-likeness (QED) is 0.326. The van der Waals surface area contributed by atoms with E-state index in [1.165, 1.54) is 53.1 Å². The van der Waals surface area contributed by atoms with Gasteiger partial charge in [-0.25, -0.2) is 4.79 Å². The number of fused-ring (bicyclic) bond motifs is 7. The van der Waals surface area contributed by atoms with Gasteiger partial charge in [0, 0.05) is 12.6 Å². The van der Waals surface area contributed by atoms with E-state index < -0.39 is 10.8 Å². The number of piperidine rings is 1. The van der Waals surface area contributed by atoms with Crippen molar-refractivity contribution >= 4 is 50.7 Å². The van der Waals surface area contributed by atoms with Crippen molar-refractivity contribution in [3.8, 4) is 23.0 Å². The van der Waals surface area contributed by atoms with Crippen LogP contribution in [0.2, 0.25) is 0 Å². The first-order valence-electron chi connectivity index (χ1n) is 11.8. The van der Waals surface area contributed by atoms with Crippen LogP contribution in [0.25, 0.3) is 21.5 Å². The Morgan fingerprint density at radius 2 is 1.28 bits per heavy atom. The Balaban J connectivity index is 0.000000455. The SMILES string of the molecule is COc1cc2c3c(c4cc(OC)c(OC)cc4c2cc1OC)CN1CCCCC1C3.O=C(O)C(Cl)Cl. The summed E-state index contributed by atoms with van der Waals surface area (Å²) >= 11 is 9.56. The molecule has 0 radical (unpaired) electrons. The number of carbonyl (C=O) groups is 1. The van der Waals surface area contributed by atoms with Gasteiger partial charge < -0.3 is 24.1 Å². The standard InChI is InChI=1S/C25H29NO4.C2H2Cl2O2/c1-27-22-10-17-16-9-15-7-5-6-8-26(15)14-21(16)20-13-25(30-4)24(29-3)12-19(20)18(17)11-23(22)28-2;3-1(4)2(5)6/h10-13,15H,5-9,14H2,1-4H3;1H,(H,5,6). The number of methoxy groups -OCH3 is 4. The number of rotatable bonds is 5. The molecule has 7 nitrogen and oxygen atoms in total. The summed E-state index contributed by atoms with van der Waals surface area (Å²) in [5.74, 6) is 1.83. The Morgan fingerprint density at radius 3 is 1.72 bits per heavy atom. The summed E-state index contributed by atoms with van der Waals surface area (Å²) in [6, 6.07) is 9.14. The summed E-state index contributed by atoms with van der Waals surface area (Å²) in [5, 5.41) is 12.6. The molecule has 36 heavy (non-hydrogen) atoms. The number of alkyl halides is 2. The van der Waals surface area contributed by atoms with Gasteiger partial charge in [0.15, 0.2) is 23.0 Å². The first-order chi connectivity index (χ1) is 17.3. The van der Waals surface area contributed by atoms with Gasteiger partial charge in [-0.1, -0.05) is 29.6 Å². The van der Waals surface area contributed by atoms with Crippen LogP contribution in [-0.4, -0.2) is 61.8 Å². The molecule has 0 amide bonds. The summed E-state index contributed by atoms with van der Waals surface area (Å²) < 4.78 is 22.6. The van der Waals surface area contributed by atoms with Crippen LogP contribution in [0.1, 0.15) is 30.4 Å². The predicted octanol–water partition coefficient (Wildman–Crippen LogP) is 5.81. The highest BCUT2D eigenvalue weighted by atomic mass is 35.5. The highest BCUT2D eigenvalue weighted by Crippen LogP contribution is 2.45. The van der Waals surface area contributed by atoms with Crippen LogP contribution in [0.15, 0.2) is 24.3 Å². The zero-order chi connectivity index (χ0) is 26.0. The van der Waals surface area contributed by atoms with E-state index in [9.17, 15) is 4.79 Å². The van der Waals surface area contributed by atoms with Gasteiger partial charge in [0.1, 0.15) is 0 Å². The lowest BCUT2D eigenvalue weighted by Gasteiger charge is -2.41. The van der Waals surface area contributed by atoms with Crippen molar-refractivity contribution in [3.05, 3.63) is 35.4 Å². The molecule has 2 aliphatic rings. The monoisotopic (exact) mass is 535 g/mol. The minimum Gasteiger partial charge on any atom is -0.493 e. The number of hydrogen-bond donors (Lipinski definition) is 1. The average molecular weight is 536 g/mol. The maximum absolute atomic E-state index is 9.44. The van der Waals surface area contributed by atoms with E-state index >= 15 is 0 Å². The van der Waals surface area contributed by atoms with Crippen LogP contribution in [-0.2, 0) is 17.8 Å². The molecule has 1 saturated heterocycles. The molecule has 1 unspecified atom stereocenters. The number of carboxylic acid groups (broad SMARTS) is 1. The number of carboxylic acids is 1. The molecule has 2 aliphatic heterocycles. The molecule has 1 fully saturated rings. The van der Waals surface area contributed by atoms with Crippen molar-refractivity contribution in [1.29, 1.82) is 0 Å². The molecule has 1 N–H and O–H groups in total. The summed E-state index contributed by atoms with van der Waals surface area (Å²) in [6.45, 7) is 2.17. The van der Waals surface area contributed by atoms with E-state index in [1.54, 1.807) is 28.4 Å². The van der Waals surface area contributed by atoms with Crippen molar-refractivity contribution in [2.45, 2.75) is 43.1 Å². The largest absolute Gasteiger partial charge is 0.493 e. The fourth-order valence-electron chi connectivity index (χ4n) is 5.38. The van der Waals surface area contributed by atoms with Gasteiger partial charge in [-0.2, -0.15) is 0 Å². The summed E-state index contributed by atoms with van der Waals surface area (Å²) in [4.78, 5) is 10.8. The number of aliphatic carboxylic acids is 1. The molecule has 2 heterocycles. The third-order valence-corrected chi connectivity index (χ3v) is 7.46. The average Bonchev–Trinajstić information content (AvgIpc) is 2.90. The molecule has 1 atom stereocenters. The Kier molecular flexibility index (Phi) is 8.23. The van der Waals surface area contributed by atoms with E-state index in [-0.39, 0.29) is 0 Å². The second-order valence-corrected chi connectivity index (χ2v) is 10.0. The minimum atomic E-state index is -1.29. The van der Waals surface area contributed by atoms with Crippen LogP contribution in [0, 0.1) is 0 Å². The van der Waals surface area contributed by atoms with E-state index in [4.69, 9.17) is 47.3 Å². The maximum atomic E-state index is 9.44. The molecule has 0 saturated carbocycles. The highest BCUT2D eigenvalue weighted by Gasteiger charge is 2.31. The summed E-state index contributed by atoms with van der Waals surface area (Å²) in [5.41, 5.74) is 2.85.